The third-order valence-corrected chi connectivity index (χ3v) is 4.08. The first-order valence-corrected chi connectivity index (χ1v) is 6.24. The highest BCUT2D eigenvalue weighted by atomic mass is 16.4. The molecule has 0 saturated carbocycles. The zero-order valence-corrected chi connectivity index (χ0v) is 11.1. The number of likely N-dealkylation sites (tertiary alicyclic amines) is 1. The first-order chi connectivity index (χ1) is 8.45. The molecule has 100 valence electrons. The second-order valence-electron chi connectivity index (χ2n) is 5.38. The van der Waals surface area contributed by atoms with E-state index < -0.39 is 11.4 Å². The molecular formula is C12H20N4O2. The van der Waals surface area contributed by atoms with E-state index in [1.54, 1.807) is 4.68 Å². The van der Waals surface area contributed by atoms with Gasteiger partial charge in [0.15, 0.2) is 0 Å². The van der Waals surface area contributed by atoms with Crippen molar-refractivity contribution in [3.63, 3.8) is 0 Å². The second kappa shape index (κ2) is 4.68. The number of carbonyl (C=O) groups is 1. The molecule has 0 bridgehead atoms. The van der Waals surface area contributed by atoms with Crippen LogP contribution < -0.4 is 0 Å². The monoisotopic (exact) mass is 252 g/mol. The van der Waals surface area contributed by atoms with Crippen molar-refractivity contribution in [3.8, 4) is 0 Å². The molecule has 1 N–H and O–H groups in total. The van der Waals surface area contributed by atoms with Crippen LogP contribution >= 0.6 is 0 Å². The number of aryl methyl sites for hydroxylation is 1. The molecule has 0 radical (unpaired) electrons. The molecule has 1 atom stereocenters. The van der Waals surface area contributed by atoms with Crippen molar-refractivity contribution < 1.29 is 9.90 Å². The van der Waals surface area contributed by atoms with Gasteiger partial charge in [0, 0.05) is 13.6 Å². The fourth-order valence-corrected chi connectivity index (χ4v) is 2.61. The molecule has 0 aliphatic carbocycles. The summed E-state index contributed by atoms with van der Waals surface area (Å²) >= 11 is 0. The van der Waals surface area contributed by atoms with Crippen molar-refractivity contribution in [1.29, 1.82) is 0 Å². The zero-order chi connectivity index (χ0) is 13.3. The van der Waals surface area contributed by atoms with Gasteiger partial charge in [-0.1, -0.05) is 13.8 Å². The van der Waals surface area contributed by atoms with E-state index in [-0.39, 0.29) is 5.92 Å². The minimum atomic E-state index is -0.682. The maximum absolute atomic E-state index is 11.5. The van der Waals surface area contributed by atoms with Gasteiger partial charge in [-0.3, -0.25) is 14.4 Å². The Kier molecular flexibility index (Phi) is 3.38. The topological polar surface area (TPSA) is 71.2 Å². The minimum absolute atomic E-state index is 0.138. The van der Waals surface area contributed by atoms with Crippen LogP contribution in [0.2, 0.25) is 0 Å². The van der Waals surface area contributed by atoms with Crippen LogP contribution in [-0.4, -0.2) is 43.8 Å². The second-order valence-corrected chi connectivity index (χ2v) is 5.38. The van der Waals surface area contributed by atoms with Crippen molar-refractivity contribution in [2.75, 3.05) is 13.1 Å². The van der Waals surface area contributed by atoms with Gasteiger partial charge in [0.2, 0.25) is 0 Å². The standard InChI is InChI=1S/C12H20N4O2/c1-9(2)12(11(17)18)4-5-16(7-12)6-10-13-8-14-15(10)3/h8-9H,4-7H2,1-3H3,(H,17,18). The first kappa shape index (κ1) is 13.0. The van der Waals surface area contributed by atoms with Crippen LogP contribution in [0, 0.1) is 11.3 Å². The van der Waals surface area contributed by atoms with Gasteiger partial charge in [-0.05, 0) is 18.9 Å². The zero-order valence-electron chi connectivity index (χ0n) is 11.1. The number of rotatable bonds is 4. The number of carboxylic acid groups (broad SMARTS) is 1. The van der Waals surface area contributed by atoms with E-state index in [9.17, 15) is 9.90 Å². The lowest BCUT2D eigenvalue weighted by atomic mass is 9.76. The molecule has 2 heterocycles. The van der Waals surface area contributed by atoms with Gasteiger partial charge in [0.05, 0.1) is 12.0 Å². The molecule has 6 nitrogen and oxygen atoms in total. The SMILES string of the molecule is CC(C)C1(C(=O)O)CCN(Cc2ncnn2C)C1. The molecule has 1 aliphatic rings. The van der Waals surface area contributed by atoms with Crippen molar-refractivity contribution in [2.45, 2.75) is 26.8 Å². The third kappa shape index (κ3) is 2.12. The molecule has 0 spiro atoms. The predicted octanol–water partition coefficient (Wildman–Crippen LogP) is 0.748. The number of aliphatic carboxylic acids is 1. The molecule has 1 aromatic heterocycles. The largest absolute Gasteiger partial charge is 0.481 e. The number of carboxylic acids is 1. The molecule has 0 amide bonds. The van der Waals surface area contributed by atoms with Crippen molar-refractivity contribution >= 4 is 5.97 Å². The van der Waals surface area contributed by atoms with Crippen LogP contribution in [0.5, 0.6) is 0 Å². The molecule has 1 saturated heterocycles. The highest BCUT2D eigenvalue weighted by Gasteiger charge is 2.47. The molecule has 1 fully saturated rings. The van der Waals surface area contributed by atoms with Crippen LogP contribution in [-0.2, 0) is 18.4 Å². The number of nitrogens with zero attached hydrogens (tertiary/aromatic N) is 4. The Morgan fingerprint density at radius 1 is 1.61 bits per heavy atom. The minimum Gasteiger partial charge on any atom is -0.481 e. The fraction of sp³-hybridized carbons (Fsp3) is 0.750. The van der Waals surface area contributed by atoms with E-state index in [0.717, 1.165) is 12.4 Å². The van der Waals surface area contributed by atoms with Crippen LogP contribution in [0.4, 0.5) is 0 Å². The Hall–Kier alpha value is -1.43. The lowest BCUT2D eigenvalue weighted by Gasteiger charge is -2.28. The Morgan fingerprint density at radius 2 is 2.33 bits per heavy atom. The quantitative estimate of drug-likeness (QED) is 0.856. The molecule has 0 aromatic carbocycles. The van der Waals surface area contributed by atoms with E-state index in [1.165, 1.54) is 6.33 Å². The summed E-state index contributed by atoms with van der Waals surface area (Å²) in [4.78, 5) is 17.9. The average Bonchev–Trinajstić information content (AvgIpc) is 2.88. The maximum atomic E-state index is 11.5. The Balaban J connectivity index is 2.08. The summed E-state index contributed by atoms with van der Waals surface area (Å²) in [6, 6.07) is 0. The Morgan fingerprint density at radius 3 is 2.78 bits per heavy atom. The average molecular weight is 252 g/mol. The lowest BCUT2D eigenvalue weighted by molar-refractivity contribution is -0.151. The van der Waals surface area contributed by atoms with Crippen molar-refractivity contribution in [2.24, 2.45) is 18.4 Å². The highest BCUT2D eigenvalue weighted by molar-refractivity contribution is 5.75. The predicted molar refractivity (Wildman–Crippen MR) is 65.8 cm³/mol. The van der Waals surface area contributed by atoms with Gasteiger partial charge in [-0.25, -0.2) is 4.98 Å². The fourth-order valence-electron chi connectivity index (χ4n) is 2.61. The maximum Gasteiger partial charge on any atom is 0.311 e. The van der Waals surface area contributed by atoms with Gasteiger partial charge in [0.1, 0.15) is 12.2 Å². The van der Waals surface area contributed by atoms with Gasteiger partial charge in [-0.15, -0.1) is 0 Å². The van der Waals surface area contributed by atoms with Gasteiger partial charge in [-0.2, -0.15) is 5.10 Å². The van der Waals surface area contributed by atoms with Crippen LogP contribution in [0.1, 0.15) is 26.1 Å². The summed E-state index contributed by atoms with van der Waals surface area (Å²) in [5.74, 6) is 0.331. The molecule has 6 heteroatoms. The number of aromatic nitrogens is 3. The summed E-state index contributed by atoms with van der Waals surface area (Å²) in [6.07, 6.45) is 2.23. The normalized spacial score (nSPS) is 24.9. The first-order valence-electron chi connectivity index (χ1n) is 6.24. The molecular weight excluding hydrogens is 232 g/mol. The van der Waals surface area contributed by atoms with Gasteiger partial charge in [0.25, 0.3) is 0 Å². The van der Waals surface area contributed by atoms with E-state index in [0.29, 0.717) is 19.5 Å². The molecule has 2 rings (SSSR count). The summed E-state index contributed by atoms with van der Waals surface area (Å²) in [5.41, 5.74) is -0.613. The van der Waals surface area contributed by atoms with Crippen molar-refractivity contribution in [3.05, 3.63) is 12.2 Å². The Labute approximate surface area is 107 Å². The Bertz CT molecular complexity index is 443. The van der Waals surface area contributed by atoms with E-state index in [4.69, 9.17) is 0 Å². The van der Waals surface area contributed by atoms with E-state index in [2.05, 4.69) is 15.0 Å². The molecule has 1 aliphatic heterocycles. The number of hydrogen-bond acceptors (Lipinski definition) is 4. The lowest BCUT2D eigenvalue weighted by Crippen LogP contribution is -2.39. The summed E-state index contributed by atoms with van der Waals surface area (Å²) in [6.45, 7) is 6.03. The van der Waals surface area contributed by atoms with Gasteiger partial charge >= 0.3 is 5.97 Å². The number of hydrogen-bond donors (Lipinski definition) is 1. The smallest absolute Gasteiger partial charge is 0.311 e. The molecule has 1 aromatic rings. The van der Waals surface area contributed by atoms with E-state index >= 15 is 0 Å². The summed E-state index contributed by atoms with van der Waals surface area (Å²) < 4.78 is 1.73. The molecule has 1 unspecified atom stereocenters. The van der Waals surface area contributed by atoms with Crippen LogP contribution in [0.25, 0.3) is 0 Å². The summed E-state index contributed by atoms with van der Waals surface area (Å²) in [7, 11) is 1.85. The summed E-state index contributed by atoms with van der Waals surface area (Å²) in [5, 5.41) is 13.5. The van der Waals surface area contributed by atoms with Gasteiger partial charge < -0.3 is 5.11 Å². The van der Waals surface area contributed by atoms with Crippen molar-refractivity contribution in [1.82, 2.24) is 19.7 Å². The van der Waals surface area contributed by atoms with Crippen LogP contribution in [0.3, 0.4) is 0 Å². The highest BCUT2D eigenvalue weighted by Crippen LogP contribution is 2.38. The van der Waals surface area contributed by atoms with E-state index in [1.807, 2.05) is 20.9 Å². The third-order valence-electron chi connectivity index (χ3n) is 4.08. The molecule has 18 heavy (non-hydrogen) atoms. The van der Waals surface area contributed by atoms with Crippen LogP contribution in [0.15, 0.2) is 6.33 Å².